The second-order valence-corrected chi connectivity index (χ2v) is 5.43. The molecule has 3 nitrogen and oxygen atoms in total. The molecule has 0 unspecified atom stereocenters. The van der Waals surface area contributed by atoms with E-state index in [-0.39, 0.29) is 0 Å². The summed E-state index contributed by atoms with van der Waals surface area (Å²) in [6.07, 6.45) is 1.61. The van der Waals surface area contributed by atoms with Gasteiger partial charge in [0.15, 0.2) is 0 Å². The number of ketones is 2. The van der Waals surface area contributed by atoms with Crippen LogP contribution in [0.3, 0.4) is 0 Å². The lowest BCUT2D eigenvalue weighted by Crippen LogP contribution is -2.14. The molecule has 1 N–H and O–H groups in total. The third-order valence-electron chi connectivity index (χ3n) is 4.07. The van der Waals surface area contributed by atoms with Gasteiger partial charge in [-0.05, 0) is 16.8 Å². The summed E-state index contributed by atoms with van der Waals surface area (Å²) in [6, 6.07) is 20.5. The normalized spacial score (nSPS) is 11.0. The Bertz CT molecular complexity index is 1050. The molecule has 0 radical (unpaired) electrons. The number of hydrogen-bond donors (Lipinski definition) is 1. The lowest BCUT2D eigenvalue weighted by Gasteiger charge is -2.04. The van der Waals surface area contributed by atoms with Crippen molar-refractivity contribution >= 4 is 33.2 Å². The van der Waals surface area contributed by atoms with Crippen molar-refractivity contribution in [2.45, 2.75) is 0 Å². The molecule has 3 aromatic carbocycles. The van der Waals surface area contributed by atoms with Crippen molar-refractivity contribution < 1.29 is 9.59 Å². The first-order valence-electron chi connectivity index (χ1n) is 7.38. The number of aromatic amines is 1. The highest BCUT2D eigenvalue weighted by Crippen LogP contribution is 2.23. The van der Waals surface area contributed by atoms with Crippen LogP contribution in [0.2, 0.25) is 0 Å². The van der Waals surface area contributed by atoms with Gasteiger partial charge in [-0.3, -0.25) is 9.59 Å². The van der Waals surface area contributed by atoms with Crippen LogP contribution in [-0.2, 0) is 0 Å². The van der Waals surface area contributed by atoms with E-state index in [1.54, 1.807) is 18.3 Å². The number of fused-ring (bicyclic) bond motifs is 2. The molecule has 0 aliphatic rings. The average molecular weight is 299 g/mol. The minimum Gasteiger partial charge on any atom is -0.360 e. The van der Waals surface area contributed by atoms with E-state index >= 15 is 0 Å². The quantitative estimate of drug-likeness (QED) is 0.450. The molecule has 0 spiro atoms. The van der Waals surface area contributed by atoms with Gasteiger partial charge in [0.2, 0.25) is 11.6 Å². The van der Waals surface area contributed by atoms with E-state index in [4.69, 9.17) is 0 Å². The minimum atomic E-state index is -0.487. The number of nitrogens with one attached hydrogen (secondary N) is 1. The fraction of sp³-hybridized carbons (Fsp3) is 0. The predicted molar refractivity (Wildman–Crippen MR) is 90.9 cm³/mol. The molecule has 4 aromatic rings. The number of Topliss-reactive ketones (excluding diaryl/α,β-unsaturated/α-hetero) is 2. The van der Waals surface area contributed by atoms with E-state index in [0.29, 0.717) is 11.1 Å². The third-order valence-corrected chi connectivity index (χ3v) is 4.07. The zero-order chi connectivity index (χ0) is 15.8. The van der Waals surface area contributed by atoms with Gasteiger partial charge < -0.3 is 4.98 Å². The summed E-state index contributed by atoms with van der Waals surface area (Å²) < 4.78 is 0. The molecule has 110 valence electrons. The van der Waals surface area contributed by atoms with Gasteiger partial charge in [-0.1, -0.05) is 60.7 Å². The van der Waals surface area contributed by atoms with Gasteiger partial charge in [-0.25, -0.2) is 0 Å². The van der Waals surface area contributed by atoms with Crippen LogP contribution in [0.25, 0.3) is 21.7 Å². The van der Waals surface area contributed by atoms with Crippen molar-refractivity contribution in [1.29, 1.82) is 0 Å². The Morgan fingerprint density at radius 2 is 1.30 bits per heavy atom. The summed E-state index contributed by atoms with van der Waals surface area (Å²) in [5.41, 5.74) is 1.71. The molecular formula is C20H13NO2. The number of hydrogen-bond acceptors (Lipinski definition) is 2. The van der Waals surface area contributed by atoms with Gasteiger partial charge in [0, 0.05) is 22.7 Å². The molecule has 4 rings (SSSR count). The zero-order valence-corrected chi connectivity index (χ0v) is 12.2. The lowest BCUT2D eigenvalue weighted by atomic mass is 9.96. The fourth-order valence-corrected chi connectivity index (χ4v) is 2.93. The number of para-hydroxylation sites is 1. The predicted octanol–water partition coefficient (Wildman–Crippen LogP) is 4.39. The number of carbonyl (C=O) groups excluding carboxylic acids is 2. The molecule has 3 heteroatoms. The van der Waals surface area contributed by atoms with Crippen LogP contribution in [-0.4, -0.2) is 16.6 Å². The van der Waals surface area contributed by atoms with E-state index in [0.717, 1.165) is 21.7 Å². The first-order chi connectivity index (χ1) is 11.3. The average Bonchev–Trinajstić information content (AvgIpc) is 3.04. The molecule has 0 saturated heterocycles. The van der Waals surface area contributed by atoms with Crippen molar-refractivity contribution in [1.82, 2.24) is 4.98 Å². The maximum absolute atomic E-state index is 12.7. The molecule has 0 bridgehead atoms. The number of aromatic nitrogens is 1. The Balaban J connectivity index is 1.83. The Morgan fingerprint density at radius 1 is 0.652 bits per heavy atom. The largest absolute Gasteiger partial charge is 0.360 e. The van der Waals surface area contributed by atoms with E-state index in [1.165, 1.54) is 0 Å². The van der Waals surface area contributed by atoms with E-state index in [2.05, 4.69) is 4.98 Å². The summed E-state index contributed by atoms with van der Waals surface area (Å²) in [4.78, 5) is 28.5. The highest BCUT2D eigenvalue weighted by Gasteiger charge is 2.22. The maximum Gasteiger partial charge on any atom is 0.235 e. The zero-order valence-electron chi connectivity index (χ0n) is 12.2. The van der Waals surface area contributed by atoms with Crippen LogP contribution in [0, 0.1) is 0 Å². The Hall–Kier alpha value is -3.20. The Morgan fingerprint density at radius 3 is 2.17 bits per heavy atom. The molecule has 1 aromatic heterocycles. The van der Waals surface area contributed by atoms with Crippen molar-refractivity contribution in [2.24, 2.45) is 0 Å². The number of carbonyl (C=O) groups is 2. The van der Waals surface area contributed by atoms with Crippen LogP contribution in [0.5, 0.6) is 0 Å². The summed E-state index contributed by atoms with van der Waals surface area (Å²) in [6.45, 7) is 0. The number of benzene rings is 3. The van der Waals surface area contributed by atoms with Crippen molar-refractivity contribution in [3.8, 4) is 0 Å². The van der Waals surface area contributed by atoms with Crippen LogP contribution < -0.4 is 0 Å². The standard InChI is InChI=1S/C20H13NO2/c22-19(16-10-5-7-13-6-1-2-8-14(13)16)20(23)17-12-21-18-11-4-3-9-15(17)18/h1-12,21H. The lowest BCUT2D eigenvalue weighted by molar-refractivity contribution is 0.0819. The summed E-state index contributed by atoms with van der Waals surface area (Å²) >= 11 is 0. The topological polar surface area (TPSA) is 49.9 Å². The molecule has 1 heterocycles. The van der Waals surface area contributed by atoms with Gasteiger partial charge in [0.05, 0.1) is 5.56 Å². The van der Waals surface area contributed by atoms with E-state index < -0.39 is 11.6 Å². The molecule has 0 aliphatic heterocycles. The Labute approximate surface area is 132 Å². The smallest absolute Gasteiger partial charge is 0.235 e. The number of rotatable bonds is 3. The molecule has 0 aliphatic carbocycles. The fourth-order valence-electron chi connectivity index (χ4n) is 2.93. The maximum atomic E-state index is 12.7. The molecule has 23 heavy (non-hydrogen) atoms. The van der Waals surface area contributed by atoms with Crippen LogP contribution in [0.1, 0.15) is 20.7 Å². The minimum absolute atomic E-state index is 0.415. The van der Waals surface area contributed by atoms with Gasteiger partial charge in [0.1, 0.15) is 0 Å². The molecule has 0 fully saturated rings. The van der Waals surface area contributed by atoms with Crippen LogP contribution in [0.15, 0.2) is 72.9 Å². The SMILES string of the molecule is O=C(C(=O)c1c[nH]c2ccccc12)c1cccc2ccccc12. The summed E-state index contributed by atoms with van der Waals surface area (Å²) in [5.74, 6) is -0.967. The van der Waals surface area contributed by atoms with E-state index in [9.17, 15) is 9.59 Å². The summed E-state index contributed by atoms with van der Waals surface area (Å²) in [7, 11) is 0. The molecule has 0 atom stereocenters. The molecule has 0 saturated carbocycles. The monoisotopic (exact) mass is 299 g/mol. The molecule has 0 amide bonds. The van der Waals surface area contributed by atoms with Crippen LogP contribution >= 0.6 is 0 Å². The van der Waals surface area contributed by atoms with Gasteiger partial charge in [0.25, 0.3) is 0 Å². The van der Waals surface area contributed by atoms with Crippen molar-refractivity contribution in [3.63, 3.8) is 0 Å². The second-order valence-electron chi connectivity index (χ2n) is 5.43. The highest BCUT2D eigenvalue weighted by atomic mass is 16.2. The Kier molecular flexibility index (Phi) is 3.05. The van der Waals surface area contributed by atoms with Crippen LogP contribution in [0.4, 0.5) is 0 Å². The third kappa shape index (κ3) is 2.14. The first kappa shape index (κ1) is 13.5. The van der Waals surface area contributed by atoms with E-state index in [1.807, 2.05) is 54.6 Å². The van der Waals surface area contributed by atoms with Gasteiger partial charge in [-0.15, -0.1) is 0 Å². The van der Waals surface area contributed by atoms with Gasteiger partial charge >= 0.3 is 0 Å². The number of H-pyrrole nitrogens is 1. The molecular weight excluding hydrogens is 286 g/mol. The van der Waals surface area contributed by atoms with Crippen molar-refractivity contribution in [3.05, 3.63) is 84.1 Å². The second kappa shape index (κ2) is 5.21. The van der Waals surface area contributed by atoms with Gasteiger partial charge in [-0.2, -0.15) is 0 Å². The first-order valence-corrected chi connectivity index (χ1v) is 7.38. The summed E-state index contributed by atoms with van der Waals surface area (Å²) in [5, 5.41) is 2.52. The highest BCUT2D eigenvalue weighted by molar-refractivity contribution is 6.52. The van der Waals surface area contributed by atoms with Crippen molar-refractivity contribution in [2.75, 3.05) is 0 Å².